The Morgan fingerprint density at radius 1 is 1.00 bits per heavy atom. The Bertz CT molecular complexity index is 1130. The molecule has 1 heterocycles. The van der Waals surface area contributed by atoms with Crippen molar-refractivity contribution in [2.45, 2.75) is 6.54 Å². The molecule has 5 nitrogen and oxygen atoms in total. The number of amides is 1. The lowest BCUT2D eigenvalue weighted by Gasteiger charge is -2.06. The fourth-order valence-electron chi connectivity index (χ4n) is 3.06. The van der Waals surface area contributed by atoms with E-state index < -0.39 is 0 Å². The van der Waals surface area contributed by atoms with Crippen LogP contribution >= 0.6 is 0 Å². The van der Waals surface area contributed by atoms with Crippen molar-refractivity contribution in [2.24, 2.45) is 5.10 Å². The third-order valence-electron chi connectivity index (χ3n) is 4.32. The highest BCUT2D eigenvalue weighted by Crippen LogP contribution is 2.25. The van der Waals surface area contributed by atoms with Gasteiger partial charge in [0.25, 0.3) is 5.91 Å². The molecule has 0 atom stereocenters. The van der Waals surface area contributed by atoms with E-state index in [1.54, 1.807) is 6.07 Å². The van der Waals surface area contributed by atoms with Gasteiger partial charge >= 0.3 is 0 Å². The molecule has 0 spiro atoms. The Hall–Kier alpha value is -3.60. The van der Waals surface area contributed by atoms with E-state index in [1.807, 2.05) is 71.4 Å². The predicted octanol–water partition coefficient (Wildman–Crippen LogP) is 3.65. The summed E-state index contributed by atoms with van der Waals surface area (Å²) in [6, 6.07) is 21.0. The summed E-state index contributed by atoms with van der Waals surface area (Å²) in [5.41, 5.74) is 4.10. The summed E-state index contributed by atoms with van der Waals surface area (Å²) in [6.07, 6.45) is 3.35. The van der Waals surface area contributed by atoms with Gasteiger partial charge in [0.05, 0.1) is 6.21 Å². The van der Waals surface area contributed by atoms with E-state index in [0.29, 0.717) is 5.56 Å². The molecule has 4 aromatic rings. The molecule has 26 heavy (non-hydrogen) atoms. The van der Waals surface area contributed by atoms with E-state index in [9.17, 15) is 9.90 Å². The second-order valence-corrected chi connectivity index (χ2v) is 6.02. The number of benzene rings is 3. The van der Waals surface area contributed by atoms with E-state index in [1.165, 1.54) is 6.21 Å². The van der Waals surface area contributed by atoms with Crippen LogP contribution < -0.4 is 5.43 Å². The maximum absolute atomic E-state index is 12.2. The number of aromatic hydroxyl groups is 1. The highest BCUT2D eigenvalue weighted by molar-refractivity contribution is 6.02. The molecule has 0 aliphatic heterocycles. The summed E-state index contributed by atoms with van der Waals surface area (Å²) >= 11 is 0. The van der Waals surface area contributed by atoms with Gasteiger partial charge in [-0.3, -0.25) is 4.79 Å². The van der Waals surface area contributed by atoms with E-state index >= 15 is 0 Å². The Balaban J connectivity index is 1.50. The van der Waals surface area contributed by atoms with Crippen LogP contribution in [0.25, 0.3) is 21.7 Å². The number of hydrogen-bond acceptors (Lipinski definition) is 3. The number of phenolic OH excluding ortho intramolecular Hbond substituents is 1. The highest BCUT2D eigenvalue weighted by atomic mass is 16.3. The maximum atomic E-state index is 12.2. The van der Waals surface area contributed by atoms with Gasteiger partial charge < -0.3 is 9.67 Å². The fraction of sp³-hybridized carbons (Fsp3) is 0.0476. The van der Waals surface area contributed by atoms with Crippen molar-refractivity contribution < 1.29 is 9.90 Å². The van der Waals surface area contributed by atoms with Gasteiger partial charge in [0.2, 0.25) is 0 Å². The fourth-order valence-corrected chi connectivity index (χ4v) is 3.06. The smallest absolute Gasteiger partial charge is 0.259 e. The van der Waals surface area contributed by atoms with E-state index in [-0.39, 0.29) is 18.2 Å². The second kappa shape index (κ2) is 6.72. The number of para-hydroxylation sites is 1. The molecule has 0 aliphatic carbocycles. The molecule has 0 radical (unpaired) electrons. The number of carbonyl (C=O) groups excluding carboxylic acids is 1. The second-order valence-electron chi connectivity index (χ2n) is 6.02. The standard InChI is InChI=1S/C21H17N3O2/c25-20-10-9-15-5-1-3-7-17(15)18(20)13-22-23-21(26)14-24-12-11-16-6-2-4-8-19(16)24/h1-13,25H,14H2,(H,23,26)/b22-13+. The molecule has 2 N–H and O–H groups in total. The summed E-state index contributed by atoms with van der Waals surface area (Å²) in [5, 5.41) is 17.1. The first-order valence-electron chi connectivity index (χ1n) is 8.29. The van der Waals surface area contributed by atoms with Crippen molar-refractivity contribution >= 4 is 33.8 Å². The lowest BCUT2D eigenvalue weighted by Crippen LogP contribution is -2.22. The Morgan fingerprint density at radius 3 is 2.65 bits per heavy atom. The topological polar surface area (TPSA) is 66.6 Å². The third-order valence-corrected chi connectivity index (χ3v) is 4.32. The van der Waals surface area contributed by atoms with Crippen LogP contribution in [0.4, 0.5) is 0 Å². The molecular weight excluding hydrogens is 326 g/mol. The summed E-state index contributed by atoms with van der Waals surface area (Å²) in [6.45, 7) is 0.173. The van der Waals surface area contributed by atoms with Gasteiger partial charge in [-0.25, -0.2) is 5.43 Å². The first-order valence-corrected chi connectivity index (χ1v) is 8.29. The largest absolute Gasteiger partial charge is 0.507 e. The molecule has 3 aromatic carbocycles. The van der Waals surface area contributed by atoms with E-state index in [0.717, 1.165) is 21.7 Å². The Morgan fingerprint density at radius 2 is 1.77 bits per heavy atom. The number of carbonyl (C=O) groups is 1. The van der Waals surface area contributed by atoms with Crippen molar-refractivity contribution in [3.05, 3.63) is 78.5 Å². The SMILES string of the molecule is O=C(Cn1ccc2ccccc21)N/N=C/c1c(O)ccc2ccccc12. The highest BCUT2D eigenvalue weighted by Gasteiger charge is 2.06. The molecule has 1 aromatic heterocycles. The van der Waals surface area contributed by atoms with Crippen LogP contribution in [0.5, 0.6) is 5.75 Å². The maximum Gasteiger partial charge on any atom is 0.259 e. The Labute approximate surface area is 150 Å². The van der Waals surface area contributed by atoms with E-state index in [4.69, 9.17) is 0 Å². The molecule has 0 unspecified atom stereocenters. The number of nitrogens with one attached hydrogen (secondary N) is 1. The molecule has 1 amide bonds. The minimum absolute atomic E-state index is 0.123. The number of hydrazone groups is 1. The predicted molar refractivity (Wildman–Crippen MR) is 103 cm³/mol. The molecule has 0 fully saturated rings. The van der Waals surface area contributed by atoms with Crippen LogP contribution in [-0.2, 0) is 11.3 Å². The molecule has 0 bridgehead atoms. The molecule has 0 saturated carbocycles. The van der Waals surface area contributed by atoms with Crippen LogP contribution in [-0.4, -0.2) is 21.8 Å². The van der Waals surface area contributed by atoms with Crippen LogP contribution in [0.1, 0.15) is 5.56 Å². The normalized spacial score (nSPS) is 11.4. The van der Waals surface area contributed by atoms with Crippen LogP contribution in [0.2, 0.25) is 0 Å². The van der Waals surface area contributed by atoms with Crippen LogP contribution in [0.3, 0.4) is 0 Å². The molecule has 0 aliphatic rings. The third kappa shape index (κ3) is 3.02. The minimum atomic E-state index is -0.234. The monoisotopic (exact) mass is 343 g/mol. The van der Waals surface area contributed by atoms with Crippen molar-refractivity contribution in [3.8, 4) is 5.75 Å². The zero-order valence-electron chi connectivity index (χ0n) is 14.0. The summed E-state index contributed by atoms with van der Waals surface area (Å²) in [5.74, 6) is -0.111. The lowest BCUT2D eigenvalue weighted by atomic mass is 10.0. The molecule has 4 rings (SSSR count). The molecule has 0 saturated heterocycles. The summed E-state index contributed by atoms with van der Waals surface area (Å²) < 4.78 is 1.87. The number of phenols is 1. The van der Waals surface area contributed by atoms with Crippen molar-refractivity contribution in [3.63, 3.8) is 0 Å². The number of fused-ring (bicyclic) bond motifs is 2. The molecule has 128 valence electrons. The first-order chi connectivity index (χ1) is 12.7. The average molecular weight is 343 g/mol. The van der Waals surface area contributed by atoms with Gasteiger partial charge in [0.15, 0.2) is 0 Å². The van der Waals surface area contributed by atoms with E-state index in [2.05, 4.69) is 10.5 Å². The van der Waals surface area contributed by atoms with Gasteiger partial charge in [0.1, 0.15) is 12.3 Å². The van der Waals surface area contributed by atoms with Gasteiger partial charge in [-0.15, -0.1) is 0 Å². The van der Waals surface area contributed by atoms with Gasteiger partial charge in [-0.2, -0.15) is 5.10 Å². The summed E-state index contributed by atoms with van der Waals surface area (Å²) in [4.78, 5) is 12.2. The number of nitrogens with zero attached hydrogens (tertiary/aromatic N) is 2. The molecule has 5 heteroatoms. The van der Waals surface area contributed by atoms with Crippen molar-refractivity contribution in [1.82, 2.24) is 9.99 Å². The molecular formula is C21H17N3O2. The van der Waals surface area contributed by atoms with Gasteiger partial charge in [0, 0.05) is 17.3 Å². The first kappa shape index (κ1) is 15.9. The lowest BCUT2D eigenvalue weighted by molar-refractivity contribution is -0.121. The minimum Gasteiger partial charge on any atom is -0.507 e. The Kier molecular flexibility index (Phi) is 4.11. The van der Waals surface area contributed by atoms with Crippen LogP contribution in [0.15, 0.2) is 78.0 Å². The van der Waals surface area contributed by atoms with Crippen molar-refractivity contribution in [1.29, 1.82) is 0 Å². The number of hydrogen-bond donors (Lipinski definition) is 2. The number of rotatable bonds is 4. The van der Waals surface area contributed by atoms with Crippen LogP contribution in [0, 0.1) is 0 Å². The summed E-state index contributed by atoms with van der Waals surface area (Å²) in [7, 11) is 0. The number of aromatic nitrogens is 1. The quantitative estimate of drug-likeness (QED) is 0.439. The van der Waals surface area contributed by atoms with Gasteiger partial charge in [-0.05, 0) is 34.4 Å². The average Bonchev–Trinajstić information content (AvgIpc) is 3.06. The zero-order chi connectivity index (χ0) is 17.9. The van der Waals surface area contributed by atoms with Crippen molar-refractivity contribution in [2.75, 3.05) is 0 Å². The van der Waals surface area contributed by atoms with Gasteiger partial charge in [-0.1, -0.05) is 48.5 Å². The zero-order valence-corrected chi connectivity index (χ0v) is 14.0.